The fourth-order valence-electron chi connectivity index (χ4n) is 3.02. The zero-order chi connectivity index (χ0) is 22.5. The fourth-order valence-corrected chi connectivity index (χ4v) is 3.24. The molecule has 6 nitrogen and oxygen atoms in total. The molecule has 0 aliphatic carbocycles. The van der Waals surface area contributed by atoms with Crippen LogP contribution in [0.2, 0.25) is 5.02 Å². The molecular formula is C22H17ClF2N2O4. The first-order valence-corrected chi connectivity index (χ1v) is 9.46. The average molecular weight is 447 g/mol. The minimum absolute atomic E-state index is 0.0279. The maximum absolute atomic E-state index is 14.2. The molecular weight excluding hydrogens is 430 g/mol. The number of hydrogen-bond donors (Lipinski definition) is 2. The molecule has 1 heterocycles. The van der Waals surface area contributed by atoms with Crippen molar-refractivity contribution in [3.05, 3.63) is 82.5 Å². The van der Waals surface area contributed by atoms with E-state index in [0.29, 0.717) is 0 Å². The number of halogens is 3. The number of ether oxygens (including phenoxy) is 1. The van der Waals surface area contributed by atoms with Gasteiger partial charge in [0.1, 0.15) is 28.8 Å². The lowest BCUT2D eigenvalue weighted by atomic mass is 10.0. The average Bonchev–Trinajstić information content (AvgIpc) is 2.74. The third-order valence-corrected chi connectivity index (χ3v) is 4.87. The lowest BCUT2D eigenvalue weighted by Crippen LogP contribution is -2.31. The van der Waals surface area contributed by atoms with E-state index >= 15 is 0 Å². The number of pyridine rings is 1. The van der Waals surface area contributed by atoms with E-state index in [4.69, 9.17) is 16.3 Å². The van der Waals surface area contributed by atoms with Gasteiger partial charge in [0.05, 0.1) is 24.6 Å². The lowest BCUT2D eigenvalue weighted by Gasteiger charge is -2.18. The number of benzene rings is 2. The van der Waals surface area contributed by atoms with E-state index in [9.17, 15) is 23.5 Å². The molecule has 1 amide bonds. The van der Waals surface area contributed by atoms with E-state index in [1.165, 1.54) is 61.7 Å². The van der Waals surface area contributed by atoms with Crippen molar-refractivity contribution in [1.82, 2.24) is 10.3 Å². The summed E-state index contributed by atoms with van der Waals surface area (Å²) < 4.78 is 33.3. The Bertz CT molecular complexity index is 1140. The standard InChI is InChI=1S/C22H17ClF2N2O4/c1-31-18-10-9-16(26-21(18)13-6-4-8-15(25)20(13)23)22(30)27-17(11-19(28)29)12-5-2-3-7-14(12)24/h2-10,17H,11H2,1H3,(H,27,30)(H,28,29)/t17-/m0/s1. The summed E-state index contributed by atoms with van der Waals surface area (Å²) in [5, 5.41) is 11.5. The number of methoxy groups -OCH3 is 1. The number of nitrogens with one attached hydrogen (secondary N) is 1. The Morgan fingerprint density at radius 3 is 2.48 bits per heavy atom. The Labute approximate surface area is 181 Å². The number of aromatic nitrogens is 1. The Balaban J connectivity index is 1.98. The zero-order valence-electron chi connectivity index (χ0n) is 16.2. The number of carbonyl (C=O) groups is 2. The van der Waals surface area contributed by atoms with Crippen molar-refractivity contribution in [1.29, 1.82) is 0 Å². The Hall–Kier alpha value is -3.52. The monoisotopic (exact) mass is 446 g/mol. The number of rotatable bonds is 7. The number of aliphatic carboxylic acids is 1. The van der Waals surface area contributed by atoms with E-state index in [-0.39, 0.29) is 33.3 Å². The van der Waals surface area contributed by atoms with E-state index in [2.05, 4.69) is 10.3 Å². The van der Waals surface area contributed by atoms with Gasteiger partial charge in [-0.05, 0) is 24.3 Å². The summed E-state index contributed by atoms with van der Waals surface area (Å²) in [7, 11) is 1.38. The van der Waals surface area contributed by atoms with Gasteiger partial charge in [-0.15, -0.1) is 0 Å². The SMILES string of the molecule is COc1ccc(C(=O)N[C@@H](CC(=O)O)c2ccccc2F)nc1-c1cccc(F)c1Cl. The normalized spacial score (nSPS) is 11.6. The van der Waals surface area contributed by atoms with Gasteiger partial charge in [-0.2, -0.15) is 0 Å². The van der Waals surface area contributed by atoms with E-state index in [1.54, 1.807) is 0 Å². The lowest BCUT2D eigenvalue weighted by molar-refractivity contribution is -0.137. The van der Waals surface area contributed by atoms with Gasteiger partial charge in [0.2, 0.25) is 0 Å². The molecule has 9 heteroatoms. The van der Waals surface area contributed by atoms with Crippen molar-refractivity contribution in [3.8, 4) is 17.0 Å². The highest BCUT2D eigenvalue weighted by atomic mass is 35.5. The summed E-state index contributed by atoms with van der Waals surface area (Å²) in [5.41, 5.74) is 0.257. The van der Waals surface area contributed by atoms with Crippen LogP contribution >= 0.6 is 11.6 Å². The van der Waals surface area contributed by atoms with Crippen molar-refractivity contribution in [2.75, 3.05) is 7.11 Å². The first kappa shape index (κ1) is 22.2. The van der Waals surface area contributed by atoms with Gasteiger partial charge in [-0.1, -0.05) is 41.9 Å². The van der Waals surface area contributed by atoms with E-state index < -0.39 is 36.0 Å². The third kappa shape index (κ3) is 4.97. The second-order valence-corrected chi connectivity index (χ2v) is 6.87. The summed E-state index contributed by atoms with van der Waals surface area (Å²) >= 11 is 6.05. The van der Waals surface area contributed by atoms with Crippen LogP contribution in [0.15, 0.2) is 54.6 Å². The van der Waals surface area contributed by atoms with E-state index in [0.717, 1.165) is 0 Å². The van der Waals surface area contributed by atoms with Crippen molar-refractivity contribution >= 4 is 23.5 Å². The molecule has 0 saturated carbocycles. The van der Waals surface area contributed by atoms with Gasteiger partial charge in [-0.25, -0.2) is 13.8 Å². The van der Waals surface area contributed by atoms with Crippen LogP contribution in [-0.4, -0.2) is 29.1 Å². The predicted octanol–water partition coefficient (Wildman–Crippen LogP) is 4.63. The Kier molecular flexibility index (Phi) is 6.81. The highest BCUT2D eigenvalue weighted by molar-refractivity contribution is 6.33. The summed E-state index contributed by atoms with van der Waals surface area (Å²) in [6.07, 6.45) is -0.536. The highest BCUT2D eigenvalue weighted by Crippen LogP contribution is 2.34. The number of amides is 1. The molecule has 1 atom stereocenters. The molecule has 0 fully saturated rings. The van der Waals surface area contributed by atoms with Crippen LogP contribution in [0.25, 0.3) is 11.3 Å². The van der Waals surface area contributed by atoms with Crippen molar-refractivity contribution < 1.29 is 28.2 Å². The number of hydrogen-bond acceptors (Lipinski definition) is 4. The number of carboxylic acids is 1. The maximum Gasteiger partial charge on any atom is 0.305 e. The van der Waals surface area contributed by atoms with Crippen LogP contribution in [0, 0.1) is 11.6 Å². The maximum atomic E-state index is 14.2. The zero-order valence-corrected chi connectivity index (χ0v) is 17.0. The molecule has 0 spiro atoms. The molecule has 2 aromatic carbocycles. The minimum atomic E-state index is -1.22. The number of nitrogens with zero attached hydrogens (tertiary/aromatic N) is 1. The molecule has 3 aromatic rings. The van der Waals surface area contributed by atoms with Gasteiger partial charge < -0.3 is 15.2 Å². The first-order valence-electron chi connectivity index (χ1n) is 9.08. The van der Waals surface area contributed by atoms with Crippen LogP contribution in [0.4, 0.5) is 8.78 Å². The second kappa shape index (κ2) is 9.53. The molecule has 0 radical (unpaired) electrons. The number of carboxylic acid groups (broad SMARTS) is 1. The van der Waals surface area contributed by atoms with Gasteiger partial charge in [0.15, 0.2) is 0 Å². The van der Waals surface area contributed by atoms with Gasteiger partial charge in [-0.3, -0.25) is 9.59 Å². The molecule has 0 saturated heterocycles. The molecule has 0 aliphatic rings. The first-order chi connectivity index (χ1) is 14.8. The largest absolute Gasteiger partial charge is 0.494 e. The summed E-state index contributed by atoms with van der Waals surface area (Å²) in [4.78, 5) is 28.3. The third-order valence-electron chi connectivity index (χ3n) is 4.48. The Morgan fingerprint density at radius 2 is 1.81 bits per heavy atom. The van der Waals surface area contributed by atoms with Crippen molar-refractivity contribution in [2.24, 2.45) is 0 Å². The van der Waals surface area contributed by atoms with Crippen LogP contribution in [0.3, 0.4) is 0 Å². The molecule has 2 N–H and O–H groups in total. The van der Waals surface area contributed by atoms with Gasteiger partial charge >= 0.3 is 5.97 Å². The van der Waals surface area contributed by atoms with Crippen molar-refractivity contribution in [3.63, 3.8) is 0 Å². The van der Waals surface area contributed by atoms with Crippen LogP contribution in [0.1, 0.15) is 28.5 Å². The molecule has 3 rings (SSSR count). The molecule has 0 bridgehead atoms. The Morgan fingerprint density at radius 1 is 1.10 bits per heavy atom. The van der Waals surface area contributed by atoms with Crippen LogP contribution in [-0.2, 0) is 4.79 Å². The summed E-state index contributed by atoms with van der Waals surface area (Å²) in [6.45, 7) is 0. The van der Waals surface area contributed by atoms with E-state index in [1.807, 2.05) is 0 Å². The summed E-state index contributed by atoms with van der Waals surface area (Å²) in [6, 6.07) is 11.4. The quantitative estimate of drug-likeness (QED) is 0.552. The second-order valence-electron chi connectivity index (χ2n) is 6.49. The smallest absolute Gasteiger partial charge is 0.305 e. The number of carbonyl (C=O) groups excluding carboxylic acids is 1. The molecule has 160 valence electrons. The molecule has 31 heavy (non-hydrogen) atoms. The predicted molar refractivity (Wildman–Crippen MR) is 110 cm³/mol. The van der Waals surface area contributed by atoms with Crippen molar-refractivity contribution in [2.45, 2.75) is 12.5 Å². The molecule has 0 unspecified atom stereocenters. The van der Waals surface area contributed by atoms with Crippen LogP contribution < -0.4 is 10.1 Å². The van der Waals surface area contributed by atoms with Crippen LogP contribution in [0.5, 0.6) is 5.75 Å². The molecule has 1 aromatic heterocycles. The summed E-state index contributed by atoms with van der Waals surface area (Å²) in [5.74, 6) is -3.03. The molecule has 0 aliphatic heterocycles. The van der Waals surface area contributed by atoms with Gasteiger partial charge in [0, 0.05) is 11.1 Å². The highest BCUT2D eigenvalue weighted by Gasteiger charge is 2.23. The topological polar surface area (TPSA) is 88.5 Å². The minimum Gasteiger partial charge on any atom is -0.494 e. The fraction of sp³-hybridized carbons (Fsp3) is 0.136. The van der Waals surface area contributed by atoms with Gasteiger partial charge in [0.25, 0.3) is 5.91 Å².